The normalized spacial score (nSPS) is 11.4. The first-order valence-corrected chi connectivity index (χ1v) is 18.8. The second-order valence-corrected chi connectivity index (χ2v) is 13.3. The van der Waals surface area contributed by atoms with Crippen LogP contribution in [0.1, 0.15) is 65.1 Å². The molecule has 312 valence electrons. The monoisotopic (exact) mass is 810 g/mol. The van der Waals surface area contributed by atoms with Crippen molar-refractivity contribution in [1.82, 2.24) is 30.0 Å². The topological polar surface area (TPSA) is 213 Å². The number of esters is 2. The summed E-state index contributed by atoms with van der Waals surface area (Å²) in [5.74, 6) is 0.389. The number of hydrogen-bond acceptors (Lipinski definition) is 14. The van der Waals surface area contributed by atoms with Gasteiger partial charge in [-0.3, -0.25) is 4.79 Å². The number of aliphatic hydroxyl groups is 2. The second kappa shape index (κ2) is 21.6. The zero-order valence-corrected chi connectivity index (χ0v) is 34.5. The van der Waals surface area contributed by atoms with Crippen molar-refractivity contribution in [3.05, 3.63) is 106 Å². The third kappa shape index (κ3) is 11.7. The van der Waals surface area contributed by atoms with Crippen LogP contribution in [0.3, 0.4) is 0 Å². The summed E-state index contributed by atoms with van der Waals surface area (Å²) in [6, 6.07) is 18.3. The molecule has 0 saturated carbocycles. The fourth-order valence-corrected chi connectivity index (χ4v) is 6.23. The van der Waals surface area contributed by atoms with Crippen LogP contribution >= 0.6 is 0 Å². The molecular weight excluding hydrogens is 759 g/mol. The molecule has 0 aliphatic heterocycles. The van der Waals surface area contributed by atoms with Crippen molar-refractivity contribution in [2.75, 3.05) is 27.4 Å². The van der Waals surface area contributed by atoms with E-state index in [0.29, 0.717) is 41.2 Å². The SMILES string of the molecule is CCOC(=O)/C=C/c1cc(OC)c2c(c1)nnn2C.CCOC(=O)CC(c1ccc(C)c(CO)c1)c1cc(OC)c2c(c1)nnn2C.Cc1ccc(B(O)O)cc1CO. The Hall–Kier alpha value is -6.14. The van der Waals surface area contributed by atoms with Crippen molar-refractivity contribution in [3.8, 4) is 11.5 Å². The third-order valence-electron chi connectivity index (χ3n) is 9.38. The van der Waals surface area contributed by atoms with Crippen LogP contribution in [0.15, 0.2) is 66.7 Å². The molecule has 1 unspecified atom stereocenters. The maximum atomic E-state index is 12.3. The first-order chi connectivity index (χ1) is 28.3. The molecule has 0 fully saturated rings. The van der Waals surface area contributed by atoms with Crippen LogP contribution in [0.4, 0.5) is 0 Å². The molecule has 0 bridgehead atoms. The Balaban J connectivity index is 0.000000214. The molecule has 0 spiro atoms. The smallest absolute Gasteiger partial charge is 0.488 e. The number of rotatable bonds is 13. The Morgan fingerprint density at radius 3 is 1.86 bits per heavy atom. The maximum absolute atomic E-state index is 12.3. The molecule has 4 N–H and O–H groups in total. The Bertz CT molecular complexity index is 2390. The zero-order valence-electron chi connectivity index (χ0n) is 34.5. The number of aliphatic hydroxyl groups excluding tert-OH is 2. The molecular formula is C42H51BN6O10. The first kappa shape index (κ1) is 45.6. The number of ether oxygens (including phenoxy) is 4. The van der Waals surface area contributed by atoms with Gasteiger partial charge in [0.05, 0.1) is 47.1 Å². The highest BCUT2D eigenvalue weighted by Gasteiger charge is 2.23. The summed E-state index contributed by atoms with van der Waals surface area (Å²) in [6.45, 7) is 7.91. The lowest BCUT2D eigenvalue weighted by Crippen LogP contribution is -2.30. The van der Waals surface area contributed by atoms with Crippen LogP contribution in [-0.2, 0) is 46.4 Å². The summed E-state index contributed by atoms with van der Waals surface area (Å²) >= 11 is 0. The summed E-state index contributed by atoms with van der Waals surface area (Å²) in [5.41, 5.74) is 9.54. The Morgan fingerprint density at radius 1 is 0.746 bits per heavy atom. The minimum atomic E-state index is -1.46. The van der Waals surface area contributed by atoms with Gasteiger partial charge in [0, 0.05) is 26.1 Å². The van der Waals surface area contributed by atoms with Crippen molar-refractivity contribution in [3.63, 3.8) is 0 Å². The van der Waals surface area contributed by atoms with E-state index < -0.39 is 7.12 Å². The van der Waals surface area contributed by atoms with Crippen LogP contribution in [0.2, 0.25) is 0 Å². The fourth-order valence-electron chi connectivity index (χ4n) is 6.23. The van der Waals surface area contributed by atoms with E-state index in [9.17, 15) is 14.7 Å². The number of aryl methyl sites for hydroxylation is 4. The molecule has 0 amide bonds. The number of fused-ring (bicyclic) bond motifs is 2. The molecule has 4 aromatic carbocycles. The van der Waals surface area contributed by atoms with Crippen LogP contribution in [0.5, 0.6) is 11.5 Å². The van der Waals surface area contributed by atoms with Crippen LogP contribution in [0.25, 0.3) is 28.1 Å². The van der Waals surface area contributed by atoms with E-state index in [-0.39, 0.29) is 37.5 Å². The Kier molecular flexibility index (Phi) is 16.7. The van der Waals surface area contributed by atoms with Gasteiger partial charge in [-0.1, -0.05) is 46.8 Å². The minimum absolute atomic E-state index is 0.0572. The van der Waals surface area contributed by atoms with Gasteiger partial charge < -0.3 is 39.2 Å². The van der Waals surface area contributed by atoms with Gasteiger partial charge in [-0.15, -0.1) is 10.2 Å². The summed E-state index contributed by atoms with van der Waals surface area (Å²) < 4.78 is 24.2. The van der Waals surface area contributed by atoms with E-state index in [1.165, 1.54) is 6.08 Å². The number of nitrogens with zero attached hydrogens (tertiary/aromatic N) is 6. The number of carbonyl (C=O) groups excluding carboxylic acids is 2. The van der Waals surface area contributed by atoms with Gasteiger partial charge >= 0.3 is 19.1 Å². The number of hydrogen-bond donors (Lipinski definition) is 4. The van der Waals surface area contributed by atoms with E-state index >= 15 is 0 Å². The Morgan fingerprint density at radius 2 is 1.31 bits per heavy atom. The zero-order chi connectivity index (χ0) is 43.2. The average molecular weight is 811 g/mol. The maximum Gasteiger partial charge on any atom is 0.488 e. The minimum Gasteiger partial charge on any atom is -0.494 e. The van der Waals surface area contributed by atoms with Crippen LogP contribution in [-0.4, -0.2) is 96.7 Å². The molecule has 0 aliphatic rings. The molecule has 0 radical (unpaired) electrons. The molecule has 17 heteroatoms. The van der Waals surface area contributed by atoms with Crippen molar-refractivity contribution in [2.24, 2.45) is 14.1 Å². The second-order valence-electron chi connectivity index (χ2n) is 13.3. The van der Waals surface area contributed by atoms with E-state index in [2.05, 4.69) is 20.6 Å². The molecule has 1 atom stereocenters. The molecule has 2 aromatic heterocycles. The molecule has 2 heterocycles. The molecule has 6 rings (SSSR count). The first-order valence-electron chi connectivity index (χ1n) is 18.8. The predicted molar refractivity (Wildman–Crippen MR) is 223 cm³/mol. The molecule has 16 nitrogen and oxygen atoms in total. The summed E-state index contributed by atoms with van der Waals surface area (Å²) in [6.07, 6.45) is 3.21. The lowest BCUT2D eigenvalue weighted by molar-refractivity contribution is -0.143. The van der Waals surface area contributed by atoms with Gasteiger partial charge in [-0.25, -0.2) is 14.2 Å². The quantitative estimate of drug-likeness (QED) is 0.0746. The summed E-state index contributed by atoms with van der Waals surface area (Å²) in [4.78, 5) is 23.6. The van der Waals surface area contributed by atoms with Crippen LogP contribution in [0, 0.1) is 13.8 Å². The van der Waals surface area contributed by atoms with Gasteiger partial charge in [-0.05, 0) is 102 Å². The van der Waals surface area contributed by atoms with E-state index in [4.69, 9.17) is 34.1 Å². The third-order valence-corrected chi connectivity index (χ3v) is 9.38. The lowest BCUT2D eigenvalue weighted by atomic mass is 9.79. The molecule has 0 saturated heterocycles. The largest absolute Gasteiger partial charge is 0.494 e. The van der Waals surface area contributed by atoms with E-state index in [1.54, 1.807) is 75.8 Å². The van der Waals surface area contributed by atoms with Gasteiger partial charge in [0.25, 0.3) is 0 Å². The number of carbonyl (C=O) groups is 2. The van der Waals surface area contributed by atoms with Gasteiger partial charge in [0.1, 0.15) is 33.6 Å². The lowest BCUT2D eigenvalue weighted by Gasteiger charge is -2.20. The number of aromatic nitrogens is 6. The molecule has 6 aromatic rings. The highest BCUT2D eigenvalue weighted by molar-refractivity contribution is 6.58. The highest BCUT2D eigenvalue weighted by atomic mass is 16.5. The number of benzene rings is 4. The number of methoxy groups -OCH3 is 2. The summed E-state index contributed by atoms with van der Waals surface area (Å²) in [7, 11) is 5.32. The summed E-state index contributed by atoms with van der Waals surface area (Å²) in [5, 5.41) is 52.4. The highest BCUT2D eigenvalue weighted by Crippen LogP contribution is 2.35. The van der Waals surface area contributed by atoms with Crippen LogP contribution < -0.4 is 14.9 Å². The van der Waals surface area contributed by atoms with Gasteiger partial charge in [-0.2, -0.15) is 0 Å². The van der Waals surface area contributed by atoms with Crippen molar-refractivity contribution >= 4 is 52.7 Å². The fraction of sp³-hybridized carbons (Fsp3) is 0.333. The molecule has 59 heavy (non-hydrogen) atoms. The van der Waals surface area contributed by atoms with Crippen molar-refractivity contribution in [1.29, 1.82) is 0 Å². The predicted octanol–water partition coefficient (Wildman–Crippen LogP) is 3.58. The van der Waals surface area contributed by atoms with E-state index in [1.807, 2.05) is 56.3 Å². The van der Waals surface area contributed by atoms with Crippen molar-refractivity contribution < 1.29 is 48.8 Å². The van der Waals surface area contributed by atoms with Gasteiger partial charge in [0.2, 0.25) is 0 Å². The van der Waals surface area contributed by atoms with E-state index in [0.717, 1.165) is 50.0 Å². The average Bonchev–Trinajstić information content (AvgIpc) is 3.80. The standard InChI is InChI=1S/C21H25N3O4.C13H15N3O3.C8H11BO3/c1-5-28-20(26)11-17(14-7-6-13(2)16(8-14)12-25)15-9-18-21(19(10-15)27-4)24(3)23-22-18;1-4-19-12(17)6-5-9-7-10-13(11(8-9)18-3)16(2)15-14-10;1-6-2-3-8(9(11)12)4-7(6)5-10/h6-10,17,25H,5,11-12H2,1-4H3;5-8H,4H2,1-3H3;2-4,10-12H,5H2,1H3/b;6-5+;. The van der Waals surface area contributed by atoms with Crippen molar-refractivity contribution in [2.45, 2.75) is 53.2 Å². The Labute approximate surface area is 342 Å². The molecule has 0 aliphatic carbocycles. The van der Waals surface area contributed by atoms with Gasteiger partial charge in [0.15, 0.2) is 0 Å².